The van der Waals surface area contributed by atoms with Crippen molar-refractivity contribution in [2.24, 2.45) is 0 Å². The molecule has 3 N–H and O–H groups in total. The minimum absolute atomic E-state index is 0.115. The zero-order chi connectivity index (χ0) is 22.1. The van der Waals surface area contributed by atoms with Crippen molar-refractivity contribution in [3.63, 3.8) is 0 Å². The largest absolute Gasteiger partial charge is 0.497 e. The molecule has 4 rings (SSSR count). The molecule has 1 fully saturated rings. The summed E-state index contributed by atoms with van der Waals surface area (Å²) in [6.45, 7) is 4.19. The van der Waals surface area contributed by atoms with Gasteiger partial charge in [-0.1, -0.05) is 0 Å². The third kappa shape index (κ3) is 4.12. The van der Waals surface area contributed by atoms with Crippen molar-refractivity contribution in [3.05, 3.63) is 40.2 Å². The van der Waals surface area contributed by atoms with Crippen LogP contribution in [-0.4, -0.2) is 41.0 Å². The van der Waals surface area contributed by atoms with Gasteiger partial charge in [-0.15, -0.1) is 0 Å². The van der Waals surface area contributed by atoms with Crippen LogP contribution in [0.2, 0.25) is 0 Å². The topological polar surface area (TPSA) is 116 Å². The molecule has 0 bridgehead atoms. The molecular weight excluding hydrogens is 398 g/mol. The molecule has 3 unspecified atom stereocenters. The molecule has 2 aliphatic rings. The second kappa shape index (κ2) is 8.41. The maximum Gasteiger partial charge on any atom is 0.258 e. The zero-order valence-corrected chi connectivity index (χ0v) is 17.9. The van der Waals surface area contributed by atoms with E-state index in [1.807, 2.05) is 0 Å². The first-order chi connectivity index (χ1) is 14.9. The van der Waals surface area contributed by atoms with Crippen LogP contribution >= 0.6 is 0 Å². The molecule has 164 valence electrons. The number of ether oxygens (including phenoxy) is 1. The van der Waals surface area contributed by atoms with E-state index in [2.05, 4.69) is 39.3 Å². The Labute approximate surface area is 180 Å². The number of amides is 2. The van der Waals surface area contributed by atoms with Crippen LogP contribution in [0, 0.1) is 0 Å². The van der Waals surface area contributed by atoms with E-state index < -0.39 is 17.4 Å². The van der Waals surface area contributed by atoms with Gasteiger partial charge in [0.1, 0.15) is 11.6 Å². The van der Waals surface area contributed by atoms with Gasteiger partial charge >= 0.3 is 0 Å². The normalized spacial score (nSPS) is 23.0. The van der Waals surface area contributed by atoms with E-state index in [-0.39, 0.29) is 35.8 Å². The number of carbonyl (C=O) groups is 2. The maximum atomic E-state index is 13.0. The zero-order valence-electron chi connectivity index (χ0n) is 17.9. The summed E-state index contributed by atoms with van der Waals surface area (Å²) in [5, 5.41) is 5.46. The predicted molar refractivity (Wildman–Crippen MR) is 118 cm³/mol. The lowest BCUT2D eigenvalue weighted by Crippen LogP contribution is -2.46. The van der Waals surface area contributed by atoms with E-state index in [4.69, 9.17) is 4.74 Å². The Balaban J connectivity index is 1.65. The third-order valence-electron chi connectivity index (χ3n) is 6.05. The standard InChI is InChI=1S/C22H27N5O4/c1-12-5-4-6-13(2)27(12)22-25-19-18(21(30)26-22)16(11-17(28)24-19)20(29)23-14-7-9-15(31-3)10-8-14/h7-10,12-13,16H,4-6,11H2,1-3H3,(H,23,29)(H2,24,25,26,28,30). The van der Waals surface area contributed by atoms with Crippen molar-refractivity contribution in [2.45, 2.75) is 57.5 Å². The lowest BCUT2D eigenvalue weighted by molar-refractivity contribution is -0.123. The third-order valence-corrected chi connectivity index (χ3v) is 6.05. The van der Waals surface area contributed by atoms with E-state index in [1.165, 1.54) is 0 Å². The fourth-order valence-corrected chi connectivity index (χ4v) is 4.45. The molecule has 0 saturated carbocycles. The average molecular weight is 425 g/mol. The molecule has 0 aliphatic carbocycles. The molecule has 3 heterocycles. The molecule has 9 nitrogen and oxygen atoms in total. The highest BCUT2D eigenvalue weighted by Crippen LogP contribution is 2.32. The molecule has 0 radical (unpaired) electrons. The summed E-state index contributed by atoms with van der Waals surface area (Å²) in [6, 6.07) is 7.28. The smallest absolute Gasteiger partial charge is 0.258 e. The van der Waals surface area contributed by atoms with Gasteiger partial charge in [0.2, 0.25) is 17.8 Å². The van der Waals surface area contributed by atoms with Crippen LogP contribution < -0.4 is 25.8 Å². The summed E-state index contributed by atoms with van der Waals surface area (Å²) >= 11 is 0. The van der Waals surface area contributed by atoms with Crippen molar-refractivity contribution in [2.75, 3.05) is 22.6 Å². The van der Waals surface area contributed by atoms with E-state index in [1.54, 1.807) is 31.4 Å². The van der Waals surface area contributed by atoms with Crippen molar-refractivity contribution >= 4 is 29.3 Å². The summed E-state index contributed by atoms with van der Waals surface area (Å²) in [4.78, 5) is 47.8. The number of carbonyl (C=O) groups excluding carboxylic acids is 2. The quantitative estimate of drug-likeness (QED) is 0.693. The molecule has 1 aromatic heterocycles. The number of rotatable bonds is 4. The van der Waals surface area contributed by atoms with Gasteiger partial charge in [-0.25, -0.2) is 0 Å². The molecule has 2 amide bonds. The van der Waals surface area contributed by atoms with Crippen LogP contribution in [0.3, 0.4) is 0 Å². The molecule has 9 heteroatoms. The minimum atomic E-state index is -0.924. The number of anilines is 3. The number of hydrogen-bond donors (Lipinski definition) is 3. The number of H-pyrrole nitrogens is 1. The van der Waals surface area contributed by atoms with Gasteiger partial charge in [0, 0.05) is 24.2 Å². The van der Waals surface area contributed by atoms with Crippen LogP contribution in [0.25, 0.3) is 0 Å². The van der Waals surface area contributed by atoms with E-state index in [9.17, 15) is 14.4 Å². The number of aromatic nitrogens is 2. The average Bonchev–Trinajstić information content (AvgIpc) is 2.73. The summed E-state index contributed by atoms with van der Waals surface area (Å²) in [7, 11) is 1.56. The van der Waals surface area contributed by atoms with E-state index in [0.29, 0.717) is 17.4 Å². The summed E-state index contributed by atoms with van der Waals surface area (Å²) in [5.41, 5.74) is 0.335. The van der Waals surface area contributed by atoms with Crippen molar-refractivity contribution in [1.82, 2.24) is 9.97 Å². The Morgan fingerprint density at radius 2 is 1.84 bits per heavy atom. The highest BCUT2D eigenvalue weighted by atomic mass is 16.5. The molecule has 1 saturated heterocycles. The minimum Gasteiger partial charge on any atom is -0.497 e. The van der Waals surface area contributed by atoms with E-state index in [0.717, 1.165) is 19.3 Å². The van der Waals surface area contributed by atoms with Gasteiger partial charge in [-0.2, -0.15) is 4.98 Å². The van der Waals surface area contributed by atoms with Gasteiger partial charge in [-0.05, 0) is 57.4 Å². The Hall–Kier alpha value is -3.36. The number of nitrogens with one attached hydrogen (secondary N) is 3. The Bertz CT molecular complexity index is 1040. The lowest BCUT2D eigenvalue weighted by atomic mass is 9.92. The number of fused-ring (bicyclic) bond motifs is 1. The summed E-state index contributed by atoms with van der Waals surface area (Å²) in [6.07, 6.45) is 3.02. The van der Waals surface area contributed by atoms with Crippen LogP contribution in [0.5, 0.6) is 5.75 Å². The molecular formula is C22H27N5O4. The SMILES string of the molecule is COc1ccc(NC(=O)C2CC(=O)Nc3nc(N4C(C)CCCC4C)[nH]c(=O)c32)cc1. The first-order valence-corrected chi connectivity index (χ1v) is 10.5. The fraction of sp³-hybridized carbons (Fsp3) is 0.455. The van der Waals surface area contributed by atoms with Gasteiger partial charge in [-0.3, -0.25) is 19.4 Å². The number of hydrogen-bond acceptors (Lipinski definition) is 6. The number of nitrogens with zero attached hydrogens (tertiary/aromatic N) is 2. The Morgan fingerprint density at radius 1 is 1.16 bits per heavy atom. The number of methoxy groups -OCH3 is 1. The fourth-order valence-electron chi connectivity index (χ4n) is 4.45. The monoisotopic (exact) mass is 425 g/mol. The van der Waals surface area contributed by atoms with Crippen LogP contribution in [0.1, 0.15) is 51.0 Å². The van der Waals surface area contributed by atoms with Crippen molar-refractivity contribution < 1.29 is 14.3 Å². The van der Waals surface area contributed by atoms with Crippen molar-refractivity contribution in [3.8, 4) is 5.75 Å². The first kappa shape index (κ1) is 20.9. The van der Waals surface area contributed by atoms with Gasteiger partial charge in [0.05, 0.1) is 18.6 Å². The molecule has 1 aromatic carbocycles. The second-order valence-corrected chi connectivity index (χ2v) is 8.21. The molecule has 31 heavy (non-hydrogen) atoms. The summed E-state index contributed by atoms with van der Waals surface area (Å²) in [5.74, 6) is -0.441. The van der Waals surface area contributed by atoms with Crippen LogP contribution in [0.15, 0.2) is 29.1 Å². The van der Waals surface area contributed by atoms with Gasteiger partial charge < -0.3 is 20.3 Å². The highest BCUT2D eigenvalue weighted by molar-refractivity contribution is 6.04. The molecule has 3 atom stereocenters. The maximum absolute atomic E-state index is 13.0. The lowest BCUT2D eigenvalue weighted by Gasteiger charge is -2.39. The van der Waals surface area contributed by atoms with Crippen LogP contribution in [-0.2, 0) is 9.59 Å². The van der Waals surface area contributed by atoms with Crippen LogP contribution in [0.4, 0.5) is 17.5 Å². The van der Waals surface area contributed by atoms with Gasteiger partial charge in [0.25, 0.3) is 5.56 Å². The van der Waals surface area contributed by atoms with Gasteiger partial charge in [0.15, 0.2) is 0 Å². The highest BCUT2D eigenvalue weighted by Gasteiger charge is 2.36. The first-order valence-electron chi connectivity index (χ1n) is 10.5. The number of piperidine rings is 1. The molecule has 0 spiro atoms. The number of aromatic amines is 1. The van der Waals surface area contributed by atoms with E-state index >= 15 is 0 Å². The Morgan fingerprint density at radius 3 is 2.48 bits per heavy atom. The molecule has 2 aromatic rings. The summed E-state index contributed by atoms with van der Waals surface area (Å²) < 4.78 is 5.12. The van der Waals surface area contributed by atoms with Crippen molar-refractivity contribution in [1.29, 1.82) is 0 Å². The Kier molecular flexibility index (Phi) is 5.67. The predicted octanol–water partition coefficient (Wildman–Crippen LogP) is 2.61. The number of benzene rings is 1. The second-order valence-electron chi connectivity index (χ2n) is 8.21. The molecule has 2 aliphatic heterocycles.